The number of anilines is 2. The third-order valence-corrected chi connectivity index (χ3v) is 4.05. The van der Waals surface area contributed by atoms with Gasteiger partial charge in [0.15, 0.2) is 0 Å². The molecule has 0 atom stereocenters. The predicted molar refractivity (Wildman–Crippen MR) is 98.0 cm³/mol. The number of nitrogens with one attached hydrogen (secondary N) is 2. The Hall–Kier alpha value is -2.41. The monoisotopic (exact) mass is 391 g/mol. The highest BCUT2D eigenvalue weighted by molar-refractivity contribution is 9.10. The molecule has 7 heteroatoms. The van der Waals surface area contributed by atoms with Gasteiger partial charge in [-0.2, -0.15) is 0 Å². The van der Waals surface area contributed by atoms with Crippen LogP contribution >= 0.6 is 15.9 Å². The van der Waals surface area contributed by atoms with E-state index in [1.54, 1.807) is 6.07 Å². The van der Waals surface area contributed by atoms with Gasteiger partial charge < -0.3 is 10.6 Å². The summed E-state index contributed by atoms with van der Waals surface area (Å²) in [4.78, 5) is 21.9. The number of carbonyl (C=O) groups excluding carboxylic acids is 1. The van der Waals surface area contributed by atoms with Crippen LogP contribution in [0.5, 0.6) is 0 Å². The molecule has 0 saturated heterocycles. The molecular weight excluding hydrogens is 374 g/mol. The highest BCUT2D eigenvalue weighted by Crippen LogP contribution is 2.27. The molecule has 0 radical (unpaired) electrons. The zero-order chi connectivity index (χ0) is 17.7. The van der Waals surface area contributed by atoms with Gasteiger partial charge in [-0.25, -0.2) is 0 Å². The quantitative estimate of drug-likeness (QED) is 0.558. The summed E-state index contributed by atoms with van der Waals surface area (Å²) in [5, 5.41) is 16.8. The molecule has 0 aliphatic carbocycles. The first-order valence-electron chi connectivity index (χ1n) is 7.44. The number of hydrogen-bond acceptors (Lipinski definition) is 4. The summed E-state index contributed by atoms with van der Waals surface area (Å²) in [7, 11) is 0. The molecule has 2 aromatic carbocycles. The number of non-ortho nitro benzene ring substituents is 1. The fraction of sp³-hybridized carbons (Fsp3) is 0.235. The van der Waals surface area contributed by atoms with Gasteiger partial charge in [0, 0.05) is 40.4 Å². The van der Waals surface area contributed by atoms with Crippen molar-refractivity contribution in [2.45, 2.75) is 20.4 Å². The molecule has 126 valence electrons. The van der Waals surface area contributed by atoms with Crippen molar-refractivity contribution >= 4 is 38.9 Å². The van der Waals surface area contributed by atoms with Crippen molar-refractivity contribution in [3.8, 4) is 0 Å². The van der Waals surface area contributed by atoms with Crippen molar-refractivity contribution in [1.29, 1.82) is 0 Å². The molecule has 24 heavy (non-hydrogen) atoms. The maximum atomic E-state index is 11.6. The molecule has 0 fully saturated rings. The fourth-order valence-electron chi connectivity index (χ4n) is 1.95. The number of nitrogens with zero attached hydrogens (tertiary/aromatic N) is 1. The van der Waals surface area contributed by atoms with E-state index in [1.165, 1.54) is 12.1 Å². The lowest BCUT2D eigenvalue weighted by Crippen LogP contribution is -2.17. The summed E-state index contributed by atoms with van der Waals surface area (Å²) < 4.78 is 0.637. The Bertz CT molecular complexity index is 745. The van der Waals surface area contributed by atoms with Crippen LogP contribution in [0.25, 0.3) is 0 Å². The molecule has 0 heterocycles. The largest absolute Gasteiger partial charge is 0.380 e. The van der Waals surface area contributed by atoms with E-state index in [-0.39, 0.29) is 17.5 Å². The summed E-state index contributed by atoms with van der Waals surface area (Å²) in [6, 6.07) is 12.1. The lowest BCUT2D eigenvalue weighted by atomic mass is 10.1. The van der Waals surface area contributed by atoms with Crippen LogP contribution in [0.15, 0.2) is 46.9 Å². The Morgan fingerprint density at radius 2 is 1.88 bits per heavy atom. The average Bonchev–Trinajstić information content (AvgIpc) is 2.54. The van der Waals surface area contributed by atoms with Crippen molar-refractivity contribution in [3.63, 3.8) is 0 Å². The molecule has 0 spiro atoms. The Kier molecular flexibility index (Phi) is 5.92. The van der Waals surface area contributed by atoms with Gasteiger partial charge in [0.1, 0.15) is 0 Å². The Morgan fingerprint density at radius 3 is 2.42 bits per heavy atom. The summed E-state index contributed by atoms with van der Waals surface area (Å²) in [6.07, 6.45) is 0. The summed E-state index contributed by atoms with van der Waals surface area (Å²) >= 11 is 3.33. The number of amides is 1. The van der Waals surface area contributed by atoms with Crippen molar-refractivity contribution in [2.24, 2.45) is 5.92 Å². The van der Waals surface area contributed by atoms with Crippen molar-refractivity contribution in [3.05, 3.63) is 62.6 Å². The number of halogens is 1. The summed E-state index contributed by atoms with van der Waals surface area (Å²) in [5.74, 6) is -0.0819. The number of benzene rings is 2. The van der Waals surface area contributed by atoms with Crippen LogP contribution in [0.2, 0.25) is 0 Å². The second-order valence-corrected chi connectivity index (χ2v) is 6.47. The highest BCUT2D eigenvalue weighted by Gasteiger charge is 2.09. The van der Waals surface area contributed by atoms with Crippen LogP contribution < -0.4 is 10.6 Å². The van der Waals surface area contributed by atoms with E-state index in [1.807, 2.05) is 38.1 Å². The Morgan fingerprint density at radius 1 is 1.21 bits per heavy atom. The number of nitro benzene ring substituents is 1. The maximum Gasteiger partial charge on any atom is 0.270 e. The standard InChI is InChI=1S/C17H18BrN3O3/c1-11(2)17(22)20-13-5-3-12(4-6-13)10-19-16-8-7-14(21(23)24)9-15(16)18/h3-9,11,19H,10H2,1-2H3,(H,20,22). The smallest absolute Gasteiger partial charge is 0.270 e. The lowest BCUT2D eigenvalue weighted by molar-refractivity contribution is -0.384. The molecule has 6 nitrogen and oxygen atoms in total. The van der Waals surface area contributed by atoms with Gasteiger partial charge in [-0.1, -0.05) is 26.0 Å². The van der Waals surface area contributed by atoms with Crippen LogP contribution in [-0.4, -0.2) is 10.8 Å². The number of rotatable bonds is 6. The van der Waals surface area contributed by atoms with E-state index < -0.39 is 4.92 Å². The van der Waals surface area contributed by atoms with Crippen LogP contribution in [0.1, 0.15) is 19.4 Å². The van der Waals surface area contributed by atoms with Gasteiger partial charge in [-0.05, 0) is 39.7 Å². The zero-order valence-electron chi connectivity index (χ0n) is 13.4. The van der Waals surface area contributed by atoms with Crippen molar-refractivity contribution in [2.75, 3.05) is 10.6 Å². The van der Waals surface area contributed by atoms with E-state index in [9.17, 15) is 14.9 Å². The molecule has 0 aliphatic heterocycles. The van der Waals surface area contributed by atoms with Gasteiger partial charge in [-0.3, -0.25) is 14.9 Å². The van der Waals surface area contributed by atoms with Crippen molar-refractivity contribution in [1.82, 2.24) is 0 Å². The van der Waals surface area contributed by atoms with Crippen LogP contribution in [0.4, 0.5) is 17.1 Å². The van der Waals surface area contributed by atoms with Crippen LogP contribution in [-0.2, 0) is 11.3 Å². The second-order valence-electron chi connectivity index (χ2n) is 5.62. The van der Waals surface area contributed by atoms with Crippen LogP contribution in [0, 0.1) is 16.0 Å². The van der Waals surface area contributed by atoms with E-state index in [2.05, 4.69) is 26.6 Å². The topological polar surface area (TPSA) is 84.3 Å². The predicted octanol–water partition coefficient (Wildman–Crippen LogP) is 4.56. The molecule has 2 rings (SSSR count). The minimum Gasteiger partial charge on any atom is -0.380 e. The molecular formula is C17H18BrN3O3. The SMILES string of the molecule is CC(C)C(=O)Nc1ccc(CNc2ccc([N+](=O)[O-])cc2Br)cc1. The van der Waals surface area contributed by atoms with Crippen LogP contribution in [0.3, 0.4) is 0 Å². The molecule has 2 N–H and O–H groups in total. The van der Waals surface area contributed by atoms with E-state index in [0.29, 0.717) is 11.0 Å². The van der Waals surface area contributed by atoms with Gasteiger partial charge in [0.05, 0.1) is 4.92 Å². The number of nitro groups is 1. The second kappa shape index (κ2) is 7.92. The van der Waals surface area contributed by atoms with Crippen molar-refractivity contribution < 1.29 is 9.72 Å². The van der Waals surface area contributed by atoms with Gasteiger partial charge in [0.25, 0.3) is 5.69 Å². The molecule has 0 saturated carbocycles. The van der Waals surface area contributed by atoms with Gasteiger partial charge >= 0.3 is 0 Å². The zero-order valence-corrected chi connectivity index (χ0v) is 15.0. The van der Waals surface area contributed by atoms with Gasteiger partial charge in [-0.15, -0.1) is 0 Å². The Labute approximate surface area is 148 Å². The minimum absolute atomic E-state index is 0.0179. The van der Waals surface area contributed by atoms with E-state index in [0.717, 1.165) is 16.9 Å². The summed E-state index contributed by atoms with van der Waals surface area (Å²) in [6.45, 7) is 4.25. The number of carbonyl (C=O) groups is 1. The molecule has 1 amide bonds. The molecule has 0 aromatic heterocycles. The average molecular weight is 392 g/mol. The first kappa shape index (κ1) is 17.9. The first-order valence-corrected chi connectivity index (χ1v) is 8.23. The summed E-state index contributed by atoms with van der Waals surface area (Å²) in [5.41, 5.74) is 2.60. The maximum absolute atomic E-state index is 11.6. The molecule has 0 bridgehead atoms. The highest BCUT2D eigenvalue weighted by atomic mass is 79.9. The minimum atomic E-state index is -0.432. The molecule has 2 aromatic rings. The molecule has 0 aliphatic rings. The van der Waals surface area contributed by atoms with Gasteiger partial charge in [0.2, 0.25) is 5.91 Å². The third kappa shape index (κ3) is 4.79. The van der Waals surface area contributed by atoms with E-state index in [4.69, 9.17) is 0 Å². The lowest BCUT2D eigenvalue weighted by Gasteiger charge is -2.10. The third-order valence-electron chi connectivity index (χ3n) is 3.39. The van der Waals surface area contributed by atoms with E-state index >= 15 is 0 Å². The first-order chi connectivity index (χ1) is 11.4. The fourth-order valence-corrected chi connectivity index (χ4v) is 2.46. The Balaban J connectivity index is 1.97. The normalized spacial score (nSPS) is 10.5. The number of hydrogen-bond donors (Lipinski definition) is 2. The molecule has 0 unspecified atom stereocenters.